The number of fused-ring (bicyclic) bond motifs is 1. The Labute approximate surface area is 162 Å². The molecule has 0 unspecified atom stereocenters. The highest BCUT2D eigenvalue weighted by Crippen LogP contribution is 2.35. The molecule has 1 heterocycles. The predicted octanol–water partition coefficient (Wildman–Crippen LogP) is 4.35. The number of hydrogen-bond acceptors (Lipinski definition) is 5. The molecule has 0 aliphatic carbocycles. The van der Waals surface area contributed by atoms with Gasteiger partial charge in [-0.05, 0) is 12.1 Å². The number of para-hydroxylation sites is 1. The lowest BCUT2D eigenvalue weighted by Crippen LogP contribution is -2.16. The van der Waals surface area contributed by atoms with E-state index in [0.717, 1.165) is 10.9 Å². The zero-order chi connectivity index (χ0) is 19.2. The topological polar surface area (TPSA) is 72.5 Å². The molecule has 7 heteroatoms. The Bertz CT molecular complexity index is 957. The van der Waals surface area contributed by atoms with Crippen LogP contribution in [-0.4, -0.2) is 31.7 Å². The number of carbonyl (C=O) groups excluding carboxylic acids is 1. The summed E-state index contributed by atoms with van der Waals surface area (Å²) in [6.07, 6.45) is 1.98. The standard InChI is InChI=1S/C20H20ClN3O3/c1-26-17-12-16(18(27-2)11-14(17)21)22-10-8-19(25)24-15-7-3-5-13-6-4-9-23-20(13)15/h3-7,9,11-12,22H,8,10H2,1-2H3,(H,24,25). The van der Waals surface area contributed by atoms with Crippen LogP contribution in [0.15, 0.2) is 48.7 Å². The number of benzene rings is 2. The van der Waals surface area contributed by atoms with Crippen LogP contribution in [0.1, 0.15) is 6.42 Å². The monoisotopic (exact) mass is 385 g/mol. The summed E-state index contributed by atoms with van der Waals surface area (Å²) in [5.41, 5.74) is 2.17. The van der Waals surface area contributed by atoms with Crippen LogP contribution >= 0.6 is 11.6 Å². The van der Waals surface area contributed by atoms with Crippen molar-refractivity contribution in [2.24, 2.45) is 0 Å². The van der Waals surface area contributed by atoms with Gasteiger partial charge in [-0.15, -0.1) is 0 Å². The summed E-state index contributed by atoms with van der Waals surface area (Å²) in [5.74, 6) is 1.01. The van der Waals surface area contributed by atoms with Crippen LogP contribution < -0.4 is 20.1 Å². The summed E-state index contributed by atoms with van der Waals surface area (Å²) < 4.78 is 10.5. The molecule has 0 fully saturated rings. The summed E-state index contributed by atoms with van der Waals surface area (Å²) in [6, 6.07) is 12.9. The normalized spacial score (nSPS) is 10.5. The van der Waals surface area contributed by atoms with E-state index in [1.807, 2.05) is 30.3 Å². The summed E-state index contributed by atoms with van der Waals surface area (Å²) in [5, 5.41) is 7.53. The summed E-state index contributed by atoms with van der Waals surface area (Å²) in [7, 11) is 3.10. The number of anilines is 2. The molecule has 0 aliphatic rings. The van der Waals surface area contributed by atoms with Crippen molar-refractivity contribution in [3.05, 3.63) is 53.7 Å². The van der Waals surface area contributed by atoms with Crippen LogP contribution in [-0.2, 0) is 4.79 Å². The maximum Gasteiger partial charge on any atom is 0.226 e. The Morgan fingerprint density at radius 3 is 2.63 bits per heavy atom. The Balaban J connectivity index is 1.63. The smallest absolute Gasteiger partial charge is 0.226 e. The van der Waals surface area contributed by atoms with E-state index < -0.39 is 0 Å². The second-order valence-corrected chi connectivity index (χ2v) is 6.20. The Hall–Kier alpha value is -2.99. The predicted molar refractivity (Wildman–Crippen MR) is 108 cm³/mol. The molecule has 0 saturated heterocycles. The number of halogens is 1. The van der Waals surface area contributed by atoms with Crippen LogP contribution in [0.5, 0.6) is 11.5 Å². The molecule has 0 aliphatic heterocycles. The first-order chi connectivity index (χ1) is 13.1. The maximum atomic E-state index is 12.3. The van der Waals surface area contributed by atoms with Crippen molar-refractivity contribution in [2.45, 2.75) is 6.42 Å². The summed E-state index contributed by atoms with van der Waals surface area (Å²) in [4.78, 5) is 16.7. The molecule has 140 valence electrons. The SMILES string of the molecule is COc1cc(NCCC(=O)Nc2cccc3cccnc23)c(OC)cc1Cl. The lowest BCUT2D eigenvalue weighted by atomic mass is 10.2. The Morgan fingerprint density at radius 1 is 1.07 bits per heavy atom. The van der Waals surface area contributed by atoms with Crippen molar-refractivity contribution in [2.75, 3.05) is 31.4 Å². The lowest BCUT2D eigenvalue weighted by molar-refractivity contribution is -0.115. The van der Waals surface area contributed by atoms with Crippen molar-refractivity contribution in [3.8, 4) is 11.5 Å². The number of nitrogens with zero attached hydrogens (tertiary/aromatic N) is 1. The first-order valence-corrected chi connectivity index (χ1v) is 8.79. The van der Waals surface area contributed by atoms with E-state index in [1.54, 1.807) is 32.5 Å². The molecule has 0 radical (unpaired) electrons. The van der Waals surface area contributed by atoms with Gasteiger partial charge >= 0.3 is 0 Å². The van der Waals surface area contributed by atoms with Gasteiger partial charge in [0.1, 0.15) is 11.5 Å². The highest BCUT2D eigenvalue weighted by atomic mass is 35.5. The molecule has 0 spiro atoms. The van der Waals surface area contributed by atoms with Gasteiger partial charge in [-0.2, -0.15) is 0 Å². The zero-order valence-electron chi connectivity index (χ0n) is 15.1. The average molecular weight is 386 g/mol. The van der Waals surface area contributed by atoms with Crippen molar-refractivity contribution in [3.63, 3.8) is 0 Å². The van der Waals surface area contributed by atoms with Gasteiger partial charge in [0.2, 0.25) is 5.91 Å². The van der Waals surface area contributed by atoms with Gasteiger partial charge in [0.25, 0.3) is 0 Å². The molecule has 2 aromatic carbocycles. The van der Waals surface area contributed by atoms with E-state index >= 15 is 0 Å². The number of nitrogens with one attached hydrogen (secondary N) is 2. The van der Waals surface area contributed by atoms with Gasteiger partial charge < -0.3 is 20.1 Å². The van der Waals surface area contributed by atoms with Crippen molar-refractivity contribution >= 4 is 39.8 Å². The first-order valence-electron chi connectivity index (χ1n) is 8.41. The second-order valence-electron chi connectivity index (χ2n) is 5.79. The minimum Gasteiger partial charge on any atom is -0.495 e. The number of amides is 1. The maximum absolute atomic E-state index is 12.3. The van der Waals surface area contributed by atoms with E-state index in [1.165, 1.54) is 0 Å². The third kappa shape index (κ3) is 4.41. The Kier molecular flexibility index (Phi) is 5.98. The summed E-state index contributed by atoms with van der Waals surface area (Å²) in [6.45, 7) is 0.422. The molecule has 3 aromatic rings. The van der Waals surface area contributed by atoms with Crippen LogP contribution in [0.3, 0.4) is 0 Å². The molecule has 3 rings (SSSR count). The lowest BCUT2D eigenvalue weighted by Gasteiger charge is -2.14. The molecule has 6 nitrogen and oxygen atoms in total. The molecule has 1 amide bonds. The fourth-order valence-electron chi connectivity index (χ4n) is 2.73. The Morgan fingerprint density at radius 2 is 1.85 bits per heavy atom. The number of ether oxygens (including phenoxy) is 2. The first kappa shape index (κ1) is 18.8. The molecule has 27 heavy (non-hydrogen) atoms. The molecule has 0 bridgehead atoms. The summed E-state index contributed by atoms with van der Waals surface area (Å²) >= 11 is 6.10. The number of hydrogen-bond donors (Lipinski definition) is 2. The zero-order valence-corrected chi connectivity index (χ0v) is 15.8. The van der Waals surface area contributed by atoms with Crippen LogP contribution in [0.25, 0.3) is 10.9 Å². The minimum absolute atomic E-state index is 0.111. The highest BCUT2D eigenvalue weighted by Gasteiger charge is 2.11. The van der Waals surface area contributed by atoms with E-state index in [4.69, 9.17) is 21.1 Å². The van der Waals surface area contributed by atoms with E-state index in [-0.39, 0.29) is 12.3 Å². The molecular formula is C20H20ClN3O3. The van der Waals surface area contributed by atoms with Gasteiger partial charge in [0, 0.05) is 36.7 Å². The third-order valence-electron chi connectivity index (χ3n) is 4.05. The van der Waals surface area contributed by atoms with Crippen molar-refractivity contribution < 1.29 is 14.3 Å². The van der Waals surface area contributed by atoms with Crippen LogP contribution in [0.2, 0.25) is 5.02 Å². The number of methoxy groups -OCH3 is 2. The van der Waals surface area contributed by atoms with E-state index in [9.17, 15) is 4.79 Å². The third-order valence-corrected chi connectivity index (χ3v) is 4.34. The minimum atomic E-state index is -0.111. The molecule has 1 aromatic heterocycles. The number of carbonyl (C=O) groups is 1. The molecule has 0 saturated carbocycles. The van der Waals surface area contributed by atoms with Gasteiger partial charge in [-0.1, -0.05) is 29.8 Å². The number of pyridine rings is 1. The van der Waals surface area contributed by atoms with Gasteiger partial charge in [-0.3, -0.25) is 9.78 Å². The molecule has 0 atom stereocenters. The fourth-order valence-corrected chi connectivity index (χ4v) is 2.96. The second kappa shape index (κ2) is 8.60. The fraction of sp³-hybridized carbons (Fsp3) is 0.200. The average Bonchev–Trinajstić information content (AvgIpc) is 2.69. The number of aromatic nitrogens is 1. The molecule has 2 N–H and O–H groups in total. The van der Waals surface area contributed by atoms with Gasteiger partial charge in [0.05, 0.1) is 36.1 Å². The van der Waals surface area contributed by atoms with Crippen molar-refractivity contribution in [1.29, 1.82) is 0 Å². The molecular weight excluding hydrogens is 366 g/mol. The van der Waals surface area contributed by atoms with Gasteiger partial charge in [0.15, 0.2) is 0 Å². The van der Waals surface area contributed by atoms with Crippen LogP contribution in [0, 0.1) is 0 Å². The van der Waals surface area contributed by atoms with E-state index in [0.29, 0.717) is 34.4 Å². The van der Waals surface area contributed by atoms with E-state index in [2.05, 4.69) is 15.6 Å². The number of rotatable bonds is 7. The quantitative estimate of drug-likeness (QED) is 0.632. The largest absolute Gasteiger partial charge is 0.495 e. The van der Waals surface area contributed by atoms with Gasteiger partial charge in [-0.25, -0.2) is 0 Å². The highest BCUT2D eigenvalue weighted by molar-refractivity contribution is 6.32. The van der Waals surface area contributed by atoms with Crippen LogP contribution in [0.4, 0.5) is 11.4 Å². The van der Waals surface area contributed by atoms with Crippen molar-refractivity contribution in [1.82, 2.24) is 4.98 Å².